The molecule has 0 aliphatic carbocycles. The minimum atomic E-state index is -0.157. The summed E-state index contributed by atoms with van der Waals surface area (Å²) >= 11 is 5.68. The van der Waals surface area contributed by atoms with Gasteiger partial charge in [-0.25, -0.2) is 0 Å². The van der Waals surface area contributed by atoms with Gasteiger partial charge in [-0.05, 0) is 44.4 Å². The number of Topliss-reactive ketones (excluding diaryl/α,β-unsaturated/α-hetero) is 1. The Morgan fingerprint density at radius 2 is 1.60 bits per heavy atom. The molecule has 7 heteroatoms. The zero-order chi connectivity index (χ0) is 21.8. The number of ether oxygens (including phenoxy) is 1. The third-order valence-corrected chi connectivity index (χ3v) is 6.69. The molecule has 0 unspecified atom stereocenters. The number of carbonyl (C=O) groups excluding carboxylic acids is 3. The SMILES string of the molecule is CCCCCC(=O)NCC(=O)NC[C@@H]1[C@H](CCC(=O)CCCCCCl)[C@@H]2CC[C@H]1O2. The summed E-state index contributed by atoms with van der Waals surface area (Å²) in [6, 6.07) is 0. The molecule has 2 aliphatic rings. The molecule has 0 aromatic rings. The number of halogens is 1. The molecule has 172 valence electrons. The molecule has 4 atom stereocenters. The average molecular weight is 443 g/mol. The van der Waals surface area contributed by atoms with E-state index in [0.717, 1.165) is 57.8 Å². The van der Waals surface area contributed by atoms with E-state index < -0.39 is 0 Å². The zero-order valence-corrected chi connectivity index (χ0v) is 19.2. The predicted octanol–water partition coefficient (Wildman–Crippen LogP) is 3.74. The lowest BCUT2D eigenvalue weighted by Gasteiger charge is -2.28. The van der Waals surface area contributed by atoms with Gasteiger partial charge in [-0.3, -0.25) is 14.4 Å². The summed E-state index contributed by atoms with van der Waals surface area (Å²) in [7, 11) is 0. The van der Waals surface area contributed by atoms with Gasteiger partial charge in [-0.2, -0.15) is 0 Å². The second-order valence-electron chi connectivity index (χ2n) is 8.73. The highest BCUT2D eigenvalue weighted by Crippen LogP contribution is 2.45. The van der Waals surface area contributed by atoms with Gasteiger partial charge in [0.1, 0.15) is 5.78 Å². The Kier molecular flexibility index (Phi) is 11.7. The predicted molar refractivity (Wildman–Crippen MR) is 118 cm³/mol. The fraction of sp³-hybridized carbons (Fsp3) is 0.870. The van der Waals surface area contributed by atoms with Gasteiger partial charge < -0.3 is 15.4 Å². The normalized spacial score (nSPS) is 24.7. The van der Waals surface area contributed by atoms with E-state index in [2.05, 4.69) is 17.6 Å². The summed E-state index contributed by atoms with van der Waals surface area (Å²) in [6.45, 7) is 2.68. The van der Waals surface area contributed by atoms with Gasteiger partial charge in [-0.15, -0.1) is 11.6 Å². The molecule has 6 nitrogen and oxygen atoms in total. The molecule has 2 saturated heterocycles. The van der Waals surface area contributed by atoms with Crippen molar-refractivity contribution in [2.45, 2.75) is 96.2 Å². The van der Waals surface area contributed by atoms with E-state index in [1.807, 2.05) is 0 Å². The number of nitrogens with one attached hydrogen (secondary N) is 2. The summed E-state index contributed by atoms with van der Waals surface area (Å²) in [5.41, 5.74) is 0. The minimum Gasteiger partial charge on any atom is -0.374 e. The van der Waals surface area contributed by atoms with Gasteiger partial charge in [0.15, 0.2) is 0 Å². The molecular weight excluding hydrogens is 404 g/mol. The molecule has 2 fully saturated rings. The number of alkyl halides is 1. The Morgan fingerprint density at radius 3 is 2.33 bits per heavy atom. The Hall–Kier alpha value is -1.14. The van der Waals surface area contributed by atoms with E-state index in [-0.39, 0.29) is 36.5 Å². The first kappa shape index (κ1) is 25.1. The van der Waals surface area contributed by atoms with Crippen molar-refractivity contribution >= 4 is 29.2 Å². The van der Waals surface area contributed by atoms with Crippen molar-refractivity contribution in [3.05, 3.63) is 0 Å². The van der Waals surface area contributed by atoms with Crippen molar-refractivity contribution in [1.29, 1.82) is 0 Å². The smallest absolute Gasteiger partial charge is 0.239 e. The van der Waals surface area contributed by atoms with Crippen LogP contribution >= 0.6 is 11.6 Å². The van der Waals surface area contributed by atoms with Gasteiger partial charge in [0.05, 0.1) is 18.8 Å². The van der Waals surface area contributed by atoms with Crippen molar-refractivity contribution in [3.63, 3.8) is 0 Å². The fourth-order valence-corrected chi connectivity index (χ4v) is 4.89. The Balaban J connectivity index is 1.67. The second-order valence-corrected chi connectivity index (χ2v) is 9.11. The lowest BCUT2D eigenvalue weighted by Crippen LogP contribution is -2.42. The van der Waals surface area contributed by atoms with Crippen molar-refractivity contribution in [2.75, 3.05) is 19.0 Å². The van der Waals surface area contributed by atoms with Crippen LogP contribution in [0.1, 0.15) is 84.0 Å². The lowest BCUT2D eigenvalue weighted by molar-refractivity contribution is -0.126. The van der Waals surface area contributed by atoms with Crippen molar-refractivity contribution in [3.8, 4) is 0 Å². The monoisotopic (exact) mass is 442 g/mol. The van der Waals surface area contributed by atoms with Crippen LogP contribution < -0.4 is 10.6 Å². The molecule has 2 heterocycles. The quantitative estimate of drug-likeness (QED) is 0.281. The molecule has 2 amide bonds. The standard InChI is InChI=1S/C23H39ClN2O4/c1-2-3-5-9-22(28)26-16-23(29)25-15-19-18(20-12-13-21(19)30-20)11-10-17(27)8-6-4-7-14-24/h18-21H,2-16H2,1H3,(H,25,29)(H,26,28)/t18-,19+,20-,21+/m0/s1. The number of hydrogen-bond acceptors (Lipinski definition) is 4. The highest BCUT2D eigenvalue weighted by molar-refractivity contribution is 6.17. The largest absolute Gasteiger partial charge is 0.374 e. The second kappa shape index (κ2) is 14.0. The van der Waals surface area contributed by atoms with Crippen molar-refractivity contribution < 1.29 is 19.1 Å². The summed E-state index contributed by atoms with van der Waals surface area (Å²) < 4.78 is 6.08. The van der Waals surface area contributed by atoms with E-state index >= 15 is 0 Å². The summed E-state index contributed by atoms with van der Waals surface area (Å²) in [6.07, 6.45) is 10.9. The maximum atomic E-state index is 12.2. The number of rotatable bonds is 16. The van der Waals surface area contributed by atoms with Gasteiger partial charge in [0.25, 0.3) is 0 Å². The zero-order valence-electron chi connectivity index (χ0n) is 18.4. The van der Waals surface area contributed by atoms with Gasteiger partial charge in [0.2, 0.25) is 11.8 Å². The van der Waals surface area contributed by atoms with Crippen LogP contribution in [0.2, 0.25) is 0 Å². The van der Waals surface area contributed by atoms with Crippen molar-refractivity contribution in [1.82, 2.24) is 10.6 Å². The highest BCUT2D eigenvalue weighted by atomic mass is 35.5. The number of unbranched alkanes of at least 4 members (excludes halogenated alkanes) is 4. The molecule has 0 radical (unpaired) electrons. The molecule has 30 heavy (non-hydrogen) atoms. The first-order chi connectivity index (χ1) is 14.5. The maximum Gasteiger partial charge on any atom is 0.239 e. The van der Waals surface area contributed by atoms with Gasteiger partial charge in [0, 0.05) is 37.6 Å². The summed E-state index contributed by atoms with van der Waals surface area (Å²) in [5.74, 6) is 1.35. The molecule has 2 rings (SSSR count). The van der Waals surface area contributed by atoms with E-state index in [1.165, 1.54) is 0 Å². The van der Waals surface area contributed by atoms with E-state index in [4.69, 9.17) is 16.3 Å². The van der Waals surface area contributed by atoms with Gasteiger partial charge in [-0.1, -0.05) is 26.2 Å². The number of ketones is 1. The fourth-order valence-electron chi connectivity index (χ4n) is 4.70. The first-order valence-corrected chi connectivity index (χ1v) is 12.3. The number of hydrogen-bond donors (Lipinski definition) is 2. The first-order valence-electron chi connectivity index (χ1n) is 11.8. The molecule has 0 saturated carbocycles. The Bertz CT molecular complexity index is 557. The average Bonchev–Trinajstić information content (AvgIpc) is 3.34. The topological polar surface area (TPSA) is 84.5 Å². The molecule has 2 aliphatic heterocycles. The lowest BCUT2D eigenvalue weighted by atomic mass is 9.76. The van der Waals surface area contributed by atoms with Crippen LogP contribution in [0.25, 0.3) is 0 Å². The van der Waals surface area contributed by atoms with Crippen LogP contribution in [0.5, 0.6) is 0 Å². The van der Waals surface area contributed by atoms with Crippen LogP contribution in [0.15, 0.2) is 0 Å². The van der Waals surface area contributed by atoms with Crippen LogP contribution in [-0.2, 0) is 19.1 Å². The maximum absolute atomic E-state index is 12.2. The van der Waals surface area contributed by atoms with Gasteiger partial charge >= 0.3 is 0 Å². The van der Waals surface area contributed by atoms with Crippen LogP contribution in [-0.4, -0.2) is 48.8 Å². The Morgan fingerprint density at radius 1 is 0.867 bits per heavy atom. The number of fused-ring (bicyclic) bond motifs is 2. The third kappa shape index (κ3) is 8.54. The molecule has 2 N–H and O–H groups in total. The highest BCUT2D eigenvalue weighted by Gasteiger charge is 2.48. The summed E-state index contributed by atoms with van der Waals surface area (Å²) in [5, 5.41) is 5.66. The molecule has 0 spiro atoms. The third-order valence-electron chi connectivity index (χ3n) is 6.42. The van der Waals surface area contributed by atoms with Crippen molar-refractivity contribution in [2.24, 2.45) is 11.8 Å². The van der Waals surface area contributed by atoms with E-state index in [1.54, 1.807) is 0 Å². The van der Waals surface area contributed by atoms with Crippen LogP contribution in [0, 0.1) is 11.8 Å². The Labute approximate surface area is 186 Å². The summed E-state index contributed by atoms with van der Waals surface area (Å²) in [4.78, 5) is 36.1. The molecule has 0 aromatic heterocycles. The minimum absolute atomic E-state index is 0.0259. The van der Waals surface area contributed by atoms with Crippen LogP contribution in [0.4, 0.5) is 0 Å². The number of carbonyl (C=O) groups is 3. The van der Waals surface area contributed by atoms with E-state index in [9.17, 15) is 14.4 Å². The van der Waals surface area contributed by atoms with E-state index in [0.29, 0.717) is 43.4 Å². The van der Waals surface area contributed by atoms with Crippen LogP contribution in [0.3, 0.4) is 0 Å². The molecule has 2 bridgehead atoms. The molecule has 0 aromatic carbocycles. The molecular formula is C23H39ClN2O4. The number of amides is 2.